The van der Waals surface area contributed by atoms with E-state index in [9.17, 15) is 4.79 Å². The smallest absolute Gasteiger partial charge is 0.167 e. The van der Waals surface area contributed by atoms with Crippen LogP contribution in [0.5, 0.6) is 0 Å². The lowest BCUT2D eigenvalue weighted by atomic mass is 9.89. The highest BCUT2D eigenvalue weighted by Crippen LogP contribution is 2.49. The second kappa shape index (κ2) is 5.14. The van der Waals surface area contributed by atoms with Crippen LogP contribution < -0.4 is 0 Å². The van der Waals surface area contributed by atoms with Crippen LogP contribution in [0.2, 0.25) is 0 Å². The van der Waals surface area contributed by atoms with Gasteiger partial charge < -0.3 is 0 Å². The minimum absolute atomic E-state index is 0.172. The van der Waals surface area contributed by atoms with Crippen LogP contribution in [-0.4, -0.2) is 5.78 Å². The molecule has 0 aromatic heterocycles. The molecule has 0 heterocycles. The largest absolute Gasteiger partial charge is 0.294 e. The fourth-order valence-electron chi connectivity index (χ4n) is 3.33. The maximum atomic E-state index is 12.9. The molecule has 0 aliphatic heterocycles. The van der Waals surface area contributed by atoms with E-state index in [1.54, 1.807) is 0 Å². The van der Waals surface area contributed by atoms with Crippen LogP contribution >= 0.6 is 0 Å². The lowest BCUT2D eigenvalue weighted by molar-refractivity contribution is 0.0964. The van der Waals surface area contributed by atoms with Gasteiger partial charge in [0.1, 0.15) is 0 Å². The molecule has 0 bridgehead atoms. The van der Waals surface area contributed by atoms with Crippen molar-refractivity contribution in [2.24, 2.45) is 5.92 Å². The Hall–Kier alpha value is -1.89. The predicted molar refractivity (Wildman–Crippen MR) is 87.0 cm³/mol. The fourth-order valence-corrected chi connectivity index (χ4v) is 3.33. The first kappa shape index (κ1) is 14.1. The summed E-state index contributed by atoms with van der Waals surface area (Å²) in [6.07, 6.45) is 0.995. The van der Waals surface area contributed by atoms with Crippen molar-refractivity contribution in [2.75, 3.05) is 0 Å². The van der Waals surface area contributed by atoms with Crippen LogP contribution in [0.25, 0.3) is 0 Å². The lowest BCUT2D eigenvalue weighted by Gasteiger charge is -2.14. The molecule has 0 radical (unpaired) electrons. The third-order valence-electron chi connectivity index (χ3n) is 4.97. The third-order valence-corrected chi connectivity index (χ3v) is 4.97. The molecular weight excluding hydrogens is 256 g/mol. The van der Waals surface area contributed by atoms with Crippen molar-refractivity contribution in [3.63, 3.8) is 0 Å². The number of hydrogen-bond donors (Lipinski definition) is 0. The molecule has 21 heavy (non-hydrogen) atoms. The summed E-state index contributed by atoms with van der Waals surface area (Å²) in [6, 6.07) is 12.6. The van der Waals surface area contributed by atoms with Crippen molar-refractivity contribution in [3.05, 3.63) is 69.8 Å². The number of ketones is 1. The highest BCUT2D eigenvalue weighted by Gasteiger charge is 2.44. The van der Waals surface area contributed by atoms with Crippen LogP contribution in [0.3, 0.4) is 0 Å². The molecule has 2 aromatic rings. The summed E-state index contributed by atoms with van der Waals surface area (Å²) in [6.45, 7) is 8.35. The third kappa shape index (κ3) is 2.42. The monoisotopic (exact) mass is 278 g/mol. The Balaban J connectivity index is 1.92. The molecule has 1 heteroatoms. The number of rotatable bonds is 3. The molecule has 2 atom stereocenters. The summed E-state index contributed by atoms with van der Waals surface area (Å²) in [5.74, 6) is 0.926. The molecule has 1 saturated carbocycles. The first-order valence-corrected chi connectivity index (χ1v) is 7.67. The normalized spacial score (nSPS) is 20.4. The van der Waals surface area contributed by atoms with Gasteiger partial charge in [-0.05, 0) is 67.9 Å². The van der Waals surface area contributed by atoms with Gasteiger partial charge in [-0.15, -0.1) is 0 Å². The van der Waals surface area contributed by atoms with E-state index < -0.39 is 0 Å². The highest BCUT2D eigenvalue weighted by atomic mass is 16.1. The molecule has 3 rings (SSSR count). The molecule has 2 unspecified atom stereocenters. The molecule has 0 amide bonds. The fraction of sp³-hybridized carbons (Fsp3) is 0.350. The second-order valence-electron chi connectivity index (χ2n) is 6.36. The Bertz CT molecular complexity index is 671. The van der Waals surface area contributed by atoms with Gasteiger partial charge in [0.25, 0.3) is 0 Å². The number of hydrogen-bond acceptors (Lipinski definition) is 1. The van der Waals surface area contributed by atoms with Crippen LogP contribution in [0.15, 0.2) is 36.4 Å². The maximum absolute atomic E-state index is 12.9. The number of Topliss-reactive ketones (excluding diaryl/α,β-unsaturated/α-hetero) is 1. The topological polar surface area (TPSA) is 17.1 Å². The highest BCUT2D eigenvalue weighted by molar-refractivity contribution is 6.03. The minimum atomic E-state index is 0.172. The van der Waals surface area contributed by atoms with E-state index >= 15 is 0 Å². The van der Waals surface area contributed by atoms with Crippen molar-refractivity contribution in [1.29, 1.82) is 0 Å². The van der Waals surface area contributed by atoms with Crippen molar-refractivity contribution in [3.8, 4) is 0 Å². The van der Waals surface area contributed by atoms with Gasteiger partial charge in [-0.2, -0.15) is 0 Å². The van der Waals surface area contributed by atoms with Crippen molar-refractivity contribution >= 4 is 5.78 Å². The van der Waals surface area contributed by atoms with Gasteiger partial charge in [0.05, 0.1) is 0 Å². The first-order valence-electron chi connectivity index (χ1n) is 7.67. The van der Waals surface area contributed by atoms with E-state index in [1.165, 1.54) is 16.7 Å². The SMILES string of the molecule is Cc1cc(C)c(C)c(C(=O)C2CC2c2ccccc2)c1C. The molecule has 2 aromatic carbocycles. The van der Waals surface area contributed by atoms with Gasteiger partial charge in [0.2, 0.25) is 0 Å². The Morgan fingerprint density at radius 2 is 1.52 bits per heavy atom. The van der Waals surface area contributed by atoms with Gasteiger partial charge in [-0.1, -0.05) is 36.4 Å². The van der Waals surface area contributed by atoms with Crippen LogP contribution in [0, 0.1) is 33.6 Å². The summed E-state index contributed by atoms with van der Waals surface area (Å²) in [7, 11) is 0. The zero-order chi connectivity index (χ0) is 15.1. The van der Waals surface area contributed by atoms with Crippen molar-refractivity contribution in [2.45, 2.75) is 40.0 Å². The average molecular weight is 278 g/mol. The summed E-state index contributed by atoms with van der Waals surface area (Å²) in [4.78, 5) is 12.9. The van der Waals surface area contributed by atoms with E-state index in [2.05, 4.69) is 58.0 Å². The molecule has 0 N–H and O–H groups in total. The molecular formula is C20H22O. The second-order valence-corrected chi connectivity index (χ2v) is 6.36. The van der Waals surface area contributed by atoms with Gasteiger partial charge >= 0.3 is 0 Å². The molecule has 108 valence electrons. The maximum Gasteiger partial charge on any atom is 0.167 e. The summed E-state index contributed by atoms with van der Waals surface area (Å²) in [5.41, 5.74) is 7.02. The van der Waals surface area contributed by atoms with E-state index in [4.69, 9.17) is 0 Å². The number of carbonyl (C=O) groups is 1. The van der Waals surface area contributed by atoms with E-state index in [1.807, 2.05) is 6.07 Å². The Labute approximate surface area is 127 Å². The standard InChI is InChI=1S/C20H22O/c1-12-10-13(2)15(4)19(14(12)3)20(21)18-11-17(18)16-8-6-5-7-9-16/h5-10,17-18H,11H2,1-4H3. The van der Waals surface area contributed by atoms with Crippen LogP contribution in [-0.2, 0) is 0 Å². The Kier molecular flexibility index (Phi) is 3.44. The van der Waals surface area contributed by atoms with Crippen molar-refractivity contribution in [1.82, 2.24) is 0 Å². The molecule has 1 fully saturated rings. The predicted octanol–water partition coefficient (Wildman–Crippen LogP) is 4.91. The molecule has 1 nitrogen and oxygen atoms in total. The van der Waals surface area contributed by atoms with Gasteiger partial charge in [-0.3, -0.25) is 4.79 Å². The summed E-state index contributed by atoms with van der Waals surface area (Å²) >= 11 is 0. The lowest BCUT2D eigenvalue weighted by Crippen LogP contribution is -2.10. The first-order chi connectivity index (χ1) is 10.0. The summed E-state index contributed by atoms with van der Waals surface area (Å²) < 4.78 is 0. The molecule has 1 aliphatic carbocycles. The van der Waals surface area contributed by atoms with Crippen molar-refractivity contribution < 1.29 is 4.79 Å². The Morgan fingerprint density at radius 1 is 0.952 bits per heavy atom. The van der Waals surface area contributed by atoms with Gasteiger partial charge in [-0.25, -0.2) is 0 Å². The Morgan fingerprint density at radius 3 is 2.10 bits per heavy atom. The average Bonchev–Trinajstić information content (AvgIpc) is 3.27. The summed E-state index contributed by atoms with van der Waals surface area (Å²) in [5, 5.41) is 0. The zero-order valence-electron chi connectivity index (χ0n) is 13.2. The van der Waals surface area contributed by atoms with Gasteiger partial charge in [0.15, 0.2) is 5.78 Å². The molecule has 0 saturated heterocycles. The number of aryl methyl sites for hydroxylation is 2. The zero-order valence-corrected chi connectivity index (χ0v) is 13.2. The number of carbonyl (C=O) groups excluding carboxylic acids is 1. The van der Waals surface area contributed by atoms with E-state index in [-0.39, 0.29) is 5.92 Å². The van der Waals surface area contributed by atoms with E-state index in [0.29, 0.717) is 11.7 Å². The number of benzene rings is 2. The molecule has 1 aliphatic rings. The van der Waals surface area contributed by atoms with Crippen LogP contribution in [0.1, 0.15) is 50.5 Å². The van der Waals surface area contributed by atoms with E-state index in [0.717, 1.165) is 23.1 Å². The van der Waals surface area contributed by atoms with Gasteiger partial charge in [0, 0.05) is 11.5 Å². The quantitative estimate of drug-likeness (QED) is 0.729. The van der Waals surface area contributed by atoms with Crippen LogP contribution in [0.4, 0.5) is 0 Å². The minimum Gasteiger partial charge on any atom is -0.294 e. The molecule has 0 spiro atoms.